The third kappa shape index (κ3) is 4.14. The average molecular weight is 431 g/mol. The molecule has 4 rings (SSSR count). The number of nitrogens with one attached hydrogen (secondary N) is 1. The Bertz CT molecular complexity index is 921. The maximum absolute atomic E-state index is 12.8. The van der Waals surface area contributed by atoms with Crippen molar-refractivity contribution in [1.82, 2.24) is 10.2 Å². The van der Waals surface area contributed by atoms with Gasteiger partial charge in [0.25, 0.3) is 0 Å². The number of halogens is 1. The van der Waals surface area contributed by atoms with Crippen molar-refractivity contribution < 1.29 is 18.7 Å². The lowest BCUT2D eigenvalue weighted by Crippen LogP contribution is -2.57. The first-order valence-corrected chi connectivity index (χ1v) is 10.3. The van der Waals surface area contributed by atoms with Gasteiger partial charge >= 0.3 is 5.97 Å². The maximum Gasteiger partial charge on any atom is 0.321 e. The summed E-state index contributed by atoms with van der Waals surface area (Å²) >= 11 is 5.98. The molecule has 1 fully saturated rings. The Morgan fingerprint density at radius 1 is 1.20 bits per heavy atom. The van der Waals surface area contributed by atoms with Crippen molar-refractivity contribution in [3.63, 3.8) is 0 Å². The third-order valence-electron chi connectivity index (χ3n) is 5.24. The Labute approximate surface area is 179 Å². The molecule has 0 saturated carbocycles. The number of guanidine groups is 1. The molecule has 0 spiro atoms. The average Bonchev–Trinajstić information content (AvgIpc) is 3.29. The van der Waals surface area contributed by atoms with Crippen LogP contribution in [0.15, 0.2) is 52.1 Å². The minimum atomic E-state index is -1.07. The number of ether oxygens (including phenoxy) is 1. The van der Waals surface area contributed by atoms with Gasteiger partial charge in [0.15, 0.2) is 5.92 Å². The Morgan fingerprint density at radius 2 is 1.90 bits per heavy atom. The minimum Gasteiger partial charge on any atom is -0.467 e. The molecule has 2 atom stereocenters. The molecule has 0 aliphatic carbocycles. The second-order valence-corrected chi connectivity index (χ2v) is 7.52. The van der Waals surface area contributed by atoms with Gasteiger partial charge in [0.05, 0.1) is 12.9 Å². The van der Waals surface area contributed by atoms with E-state index in [1.54, 1.807) is 19.1 Å². The molecule has 1 N–H and O–H groups in total. The van der Waals surface area contributed by atoms with Crippen molar-refractivity contribution in [3.8, 4) is 0 Å². The van der Waals surface area contributed by atoms with Crippen LogP contribution in [0.25, 0.3) is 0 Å². The third-order valence-corrected chi connectivity index (χ3v) is 5.49. The van der Waals surface area contributed by atoms with E-state index in [-0.39, 0.29) is 6.61 Å². The van der Waals surface area contributed by atoms with Crippen LogP contribution < -0.4 is 10.2 Å². The quantitative estimate of drug-likeness (QED) is 0.592. The van der Waals surface area contributed by atoms with E-state index in [0.717, 1.165) is 18.8 Å². The van der Waals surface area contributed by atoms with E-state index in [2.05, 4.69) is 15.2 Å². The van der Waals surface area contributed by atoms with Gasteiger partial charge in [0, 0.05) is 36.9 Å². The molecule has 2 aromatic rings. The monoisotopic (exact) mass is 430 g/mol. The van der Waals surface area contributed by atoms with Crippen molar-refractivity contribution in [2.24, 2.45) is 10.9 Å². The van der Waals surface area contributed by atoms with Crippen LogP contribution in [0.3, 0.4) is 0 Å². The fourth-order valence-corrected chi connectivity index (χ4v) is 3.84. The number of carbonyl (C=O) groups excluding carboxylic acids is 2. The summed E-state index contributed by atoms with van der Waals surface area (Å²) in [6, 6.07) is 10.4. The van der Waals surface area contributed by atoms with Crippen LogP contribution in [0.4, 0.5) is 5.69 Å². The molecule has 8 nitrogen and oxygen atoms in total. The Hall–Kier alpha value is -3.00. The number of carbonyl (C=O) groups is 2. The first kappa shape index (κ1) is 20.3. The highest BCUT2D eigenvalue weighted by molar-refractivity contribution is 6.30. The van der Waals surface area contributed by atoms with Gasteiger partial charge in [-0.15, -0.1) is 0 Å². The molecule has 2 aliphatic rings. The summed E-state index contributed by atoms with van der Waals surface area (Å²) < 4.78 is 10.6. The smallest absolute Gasteiger partial charge is 0.321 e. The summed E-state index contributed by atoms with van der Waals surface area (Å²) in [5.41, 5.74) is 1.10. The number of rotatable bonds is 4. The lowest BCUT2D eigenvalue weighted by atomic mass is 9.95. The summed E-state index contributed by atoms with van der Waals surface area (Å²) in [5, 5.41) is 3.49. The standard InChI is InChI=1S/C21H23ClN4O4/c1-2-29-20(28)17-18(16-4-3-13-30-16)23-21(24-19(17)27)26-11-9-25(10-12-26)15-7-5-14(22)6-8-15/h3-8,13,17-18H,2,9-12H2,1H3,(H,23,24,27)/t17-,18+/m1/s1. The number of benzene rings is 1. The van der Waals surface area contributed by atoms with Gasteiger partial charge < -0.3 is 19.0 Å². The molecule has 9 heteroatoms. The number of aliphatic imine (C=N–C) groups is 1. The van der Waals surface area contributed by atoms with Crippen LogP contribution >= 0.6 is 11.6 Å². The highest BCUT2D eigenvalue weighted by Crippen LogP contribution is 2.31. The number of esters is 1. The van der Waals surface area contributed by atoms with Crippen LogP contribution in [-0.4, -0.2) is 55.5 Å². The number of hydrogen-bond donors (Lipinski definition) is 1. The molecule has 1 amide bonds. The highest BCUT2D eigenvalue weighted by Gasteiger charge is 2.43. The van der Waals surface area contributed by atoms with E-state index in [9.17, 15) is 9.59 Å². The summed E-state index contributed by atoms with van der Waals surface area (Å²) in [4.78, 5) is 34.1. The molecular weight excluding hydrogens is 408 g/mol. The summed E-state index contributed by atoms with van der Waals surface area (Å²) in [6.07, 6.45) is 1.50. The van der Waals surface area contributed by atoms with Crippen LogP contribution in [0.5, 0.6) is 0 Å². The van der Waals surface area contributed by atoms with Gasteiger partial charge in [-0.1, -0.05) is 11.6 Å². The molecule has 1 aromatic carbocycles. The first-order valence-electron chi connectivity index (χ1n) is 9.91. The summed E-state index contributed by atoms with van der Waals surface area (Å²) in [7, 11) is 0. The molecule has 3 heterocycles. The van der Waals surface area contributed by atoms with Crippen molar-refractivity contribution >= 4 is 35.1 Å². The molecule has 30 heavy (non-hydrogen) atoms. The molecule has 1 aromatic heterocycles. The van der Waals surface area contributed by atoms with E-state index in [1.165, 1.54) is 6.26 Å². The van der Waals surface area contributed by atoms with E-state index in [1.807, 2.05) is 29.2 Å². The normalized spacial score (nSPS) is 21.8. The molecule has 0 bridgehead atoms. The fourth-order valence-electron chi connectivity index (χ4n) is 3.71. The van der Waals surface area contributed by atoms with Crippen LogP contribution in [0.1, 0.15) is 18.7 Å². The lowest BCUT2D eigenvalue weighted by Gasteiger charge is -2.39. The predicted octanol–water partition coefficient (Wildman–Crippen LogP) is 2.46. The summed E-state index contributed by atoms with van der Waals surface area (Å²) in [5.74, 6) is -1.19. The Kier molecular flexibility index (Phi) is 5.94. The van der Waals surface area contributed by atoms with Gasteiger partial charge in [0.2, 0.25) is 11.9 Å². The Morgan fingerprint density at radius 3 is 2.53 bits per heavy atom. The van der Waals surface area contributed by atoms with Gasteiger partial charge in [-0.25, -0.2) is 4.99 Å². The number of hydrogen-bond acceptors (Lipinski definition) is 7. The number of furan rings is 1. The fraction of sp³-hybridized carbons (Fsp3) is 0.381. The zero-order chi connectivity index (χ0) is 21.1. The highest BCUT2D eigenvalue weighted by atomic mass is 35.5. The van der Waals surface area contributed by atoms with Crippen molar-refractivity contribution in [1.29, 1.82) is 0 Å². The summed E-state index contributed by atoms with van der Waals surface area (Å²) in [6.45, 7) is 4.78. The van der Waals surface area contributed by atoms with Crippen molar-refractivity contribution in [2.45, 2.75) is 13.0 Å². The zero-order valence-corrected chi connectivity index (χ0v) is 17.3. The van der Waals surface area contributed by atoms with Gasteiger partial charge in [-0.3, -0.25) is 14.9 Å². The second-order valence-electron chi connectivity index (χ2n) is 7.08. The molecule has 2 aliphatic heterocycles. The van der Waals surface area contributed by atoms with E-state index in [4.69, 9.17) is 20.8 Å². The lowest BCUT2D eigenvalue weighted by molar-refractivity contribution is -0.153. The van der Waals surface area contributed by atoms with Crippen molar-refractivity contribution in [3.05, 3.63) is 53.4 Å². The van der Waals surface area contributed by atoms with Crippen molar-refractivity contribution in [2.75, 3.05) is 37.7 Å². The molecule has 0 unspecified atom stereocenters. The van der Waals surface area contributed by atoms with E-state index < -0.39 is 23.8 Å². The largest absolute Gasteiger partial charge is 0.467 e. The predicted molar refractivity (Wildman–Crippen MR) is 112 cm³/mol. The zero-order valence-electron chi connectivity index (χ0n) is 16.6. The van der Waals surface area contributed by atoms with Crippen LogP contribution in [0, 0.1) is 5.92 Å². The van der Waals surface area contributed by atoms with E-state index in [0.29, 0.717) is 29.8 Å². The molecular formula is C21H23ClN4O4. The van der Waals surface area contributed by atoms with Gasteiger partial charge in [-0.2, -0.15) is 0 Å². The molecule has 1 saturated heterocycles. The molecule has 0 radical (unpaired) electrons. The van der Waals surface area contributed by atoms with Gasteiger partial charge in [-0.05, 0) is 43.3 Å². The minimum absolute atomic E-state index is 0.191. The Balaban J connectivity index is 1.51. The maximum atomic E-state index is 12.8. The number of nitrogens with zero attached hydrogens (tertiary/aromatic N) is 3. The molecule has 158 valence electrons. The first-order chi connectivity index (χ1) is 14.6. The van der Waals surface area contributed by atoms with Gasteiger partial charge in [0.1, 0.15) is 11.8 Å². The van der Waals surface area contributed by atoms with Crippen LogP contribution in [0.2, 0.25) is 5.02 Å². The number of piperazine rings is 1. The van der Waals surface area contributed by atoms with Crippen LogP contribution in [-0.2, 0) is 14.3 Å². The number of anilines is 1. The SMILES string of the molecule is CCOC(=O)[C@H]1C(=O)NC(N2CCN(c3ccc(Cl)cc3)CC2)=N[C@H]1c1ccco1. The number of amides is 1. The second kappa shape index (κ2) is 8.79. The topological polar surface area (TPSA) is 87.4 Å². The van der Waals surface area contributed by atoms with E-state index >= 15 is 0 Å².